The van der Waals surface area contributed by atoms with Gasteiger partial charge in [-0.3, -0.25) is 4.90 Å². The highest BCUT2D eigenvalue weighted by atomic mass is 32.1. The Morgan fingerprint density at radius 3 is 1.62 bits per heavy atom. The van der Waals surface area contributed by atoms with Crippen LogP contribution in [0.4, 0.5) is 17.2 Å². The van der Waals surface area contributed by atoms with Crippen LogP contribution < -0.4 is 4.90 Å². The number of hydrogen-bond acceptors (Lipinski definition) is 3. The van der Waals surface area contributed by atoms with E-state index in [0.717, 1.165) is 17.2 Å². The van der Waals surface area contributed by atoms with E-state index in [1.807, 2.05) is 17.5 Å². The summed E-state index contributed by atoms with van der Waals surface area (Å²) < 4.78 is 2.46. The molecular weight excluding hydrogens is 529 g/mol. The molecule has 8 aromatic rings. The summed E-state index contributed by atoms with van der Waals surface area (Å²) in [5, 5.41) is 5.08. The third-order valence-electron chi connectivity index (χ3n) is 7.93. The molecule has 0 atom stereocenters. The van der Waals surface area contributed by atoms with Crippen LogP contribution >= 0.6 is 11.3 Å². The third-order valence-corrected chi connectivity index (χ3v) is 9.10. The zero-order chi connectivity index (χ0) is 27.9. The quantitative estimate of drug-likeness (QED) is 0.210. The average Bonchev–Trinajstić information content (AvgIpc) is 3.47. The monoisotopic (exact) mass is 554 g/mol. The summed E-state index contributed by atoms with van der Waals surface area (Å²) in [4.78, 5) is 7.33. The third kappa shape index (κ3) is 4.23. The van der Waals surface area contributed by atoms with Crippen LogP contribution in [0.5, 0.6) is 0 Å². The van der Waals surface area contributed by atoms with E-state index in [2.05, 4.69) is 157 Å². The molecule has 0 aliphatic carbocycles. The zero-order valence-electron chi connectivity index (χ0n) is 22.8. The Labute approximate surface area is 248 Å². The standard InChI is InChI=1S/C39H26N2S/c1-3-9-27(10-4-1)29-15-20-32(21-16-29)41(33-22-17-30(18-23-33)28-11-5-2-6-12-28)39-38-35(25-26-40-39)37-34-14-8-7-13-31(34)19-24-36(37)42-38/h1-26H. The number of benzene rings is 6. The molecule has 0 radical (unpaired) electrons. The first-order chi connectivity index (χ1) is 20.8. The molecule has 198 valence electrons. The summed E-state index contributed by atoms with van der Waals surface area (Å²) in [7, 11) is 0. The molecule has 2 heterocycles. The van der Waals surface area contributed by atoms with Gasteiger partial charge in [0.1, 0.15) is 0 Å². The molecule has 3 heteroatoms. The summed E-state index contributed by atoms with van der Waals surface area (Å²) >= 11 is 1.82. The fourth-order valence-electron chi connectivity index (χ4n) is 5.88. The number of anilines is 3. The summed E-state index contributed by atoms with van der Waals surface area (Å²) in [5.41, 5.74) is 6.95. The predicted octanol–water partition coefficient (Wildman–Crippen LogP) is 11.4. The van der Waals surface area contributed by atoms with Crippen molar-refractivity contribution in [1.82, 2.24) is 4.98 Å². The van der Waals surface area contributed by atoms with Crippen LogP contribution in [0, 0.1) is 0 Å². The number of pyridine rings is 1. The molecule has 0 unspecified atom stereocenters. The van der Waals surface area contributed by atoms with Crippen LogP contribution in [0.3, 0.4) is 0 Å². The second-order valence-electron chi connectivity index (χ2n) is 10.4. The Morgan fingerprint density at radius 2 is 1.00 bits per heavy atom. The fraction of sp³-hybridized carbons (Fsp3) is 0. The molecule has 0 saturated heterocycles. The Hall–Kier alpha value is -5.25. The molecule has 2 nitrogen and oxygen atoms in total. The summed E-state index contributed by atoms with van der Waals surface area (Å²) in [6, 6.07) is 54.0. The lowest BCUT2D eigenvalue weighted by Crippen LogP contribution is -2.11. The van der Waals surface area contributed by atoms with Gasteiger partial charge in [-0.25, -0.2) is 4.98 Å². The van der Waals surface area contributed by atoms with Gasteiger partial charge in [0, 0.05) is 33.0 Å². The maximum atomic E-state index is 5.03. The number of thiophene rings is 1. The van der Waals surface area contributed by atoms with Crippen LogP contribution in [-0.2, 0) is 0 Å². The second-order valence-corrected chi connectivity index (χ2v) is 11.5. The van der Waals surface area contributed by atoms with Crippen molar-refractivity contribution in [3.63, 3.8) is 0 Å². The van der Waals surface area contributed by atoms with Crippen LogP contribution in [0.15, 0.2) is 158 Å². The minimum absolute atomic E-state index is 0.942. The minimum atomic E-state index is 0.942. The van der Waals surface area contributed by atoms with Crippen molar-refractivity contribution >= 4 is 59.5 Å². The van der Waals surface area contributed by atoms with E-state index in [1.54, 1.807) is 0 Å². The number of hydrogen-bond donors (Lipinski definition) is 0. The first kappa shape index (κ1) is 24.5. The van der Waals surface area contributed by atoms with Gasteiger partial charge in [-0.1, -0.05) is 115 Å². The van der Waals surface area contributed by atoms with E-state index in [1.165, 1.54) is 53.2 Å². The van der Waals surface area contributed by atoms with Crippen molar-refractivity contribution in [2.75, 3.05) is 4.90 Å². The number of aromatic nitrogens is 1. The SMILES string of the molecule is c1ccc(-c2ccc(N(c3ccc(-c4ccccc4)cc3)c3nccc4c3sc3ccc5ccccc5c34)cc2)cc1. The van der Waals surface area contributed by atoms with Crippen molar-refractivity contribution in [2.24, 2.45) is 0 Å². The van der Waals surface area contributed by atoms with Crippen LogP contribution in [-0.4, -0.2) is 4.98 Å². The molecule has 2 aromatic heterocycles. The minimum Gasteiger partial charge on any atom is -0.294 e. The van der Waals surface area contributed by atoms with Crippen LogP contribution in [0.2, 0.25) is 0 Å². The lowest BCUT2D eigenvalue weighted by Gasteiger charge is -2.25. The van der Waals surface area contributed by atoms with Gasteiger partial charge in [-0.15, -0.1) is 11.3 Å². The summed E-state index contributed by atoms with van der Waals surface area (Å²) in [6.07, 6.45) is 1.95. The fourth-order valence-corrected chi connectivity index (χ4v) is 7.07. The molecule has 0 N–H and O–H groups in total. The maximum Gasteiger partial charge on any atom is 0.155 e. The Morgan fingerprint density at radius 1 is 0.452 bits per heavy atom. The van der Waals surface area contributed by atoms with Gasteiger partial charge < -0.3 is 0 Å². The lowest BCUT2D eigenvalue weighted by molar-refractivity contribution is 1.20. The van der Waals surface area contributed by atoms with Gasteiger partial charge in [0.15, 0.2) is 5.82 Å². The molecule has 0 bridgehead atoms. The van der Waals surface area contributed by atoms with Crippen LogP contribution in [0.25, 0.3) is 53.2 Å². The van der Waals surface area contributed by atoms with Crippen LogP contribution in [0.1, 0.15) is 0 Å². The molecule has 0 fully saturated rings. The van der Waals surface area contributed by atoms with Gasteiger partial charge in [0.05, 0.1) is 4.70 Å². The van der Waals surface area contributed by atoms with E-state index >= 15 is 0 Å². The average molecular weight is 555 g/mol. The molecule has 0 aliphatic rings. The molecule has 0 spiro atoms. The lowest BCUT2D eigenvalue weighted by atomic mass is 10.0. The molecule has 0 aliphatic heterocycles. The molecule has 42 heavy (non-hydrogen) atoms. The van der Waals surface area contributed by atoms with Crippen molar-refractivity contribution in [2.45, 2.75) is 0 Å². The molecule has 8 rings (SSSR count). The topological polar surface area (TPSA) is 16.1 Å². The van der Waals surface area contributed by atoms with E-state index in [9.17, 15) is 0 Å². The van der Waals surface area contributed by atoms with Gasteiger partial charge in [0.2, 0.25) is 0 Å². The smallest absolute Gasteiger partial charge is 0.155 e. The maximum absolute atomic E-state index is 5.03. The summed E-state index contributed by atoms with van der Waals surface area (Å²) in [6.45, 7) is 0. The molecule has 0 amide bonds. The van der Waals surface area contributed by atoms with Crippen molar-refractivity contribution in [3.05, 3.63) is 158 Å². The van der Waals surface area contributed by atoms with E-state index in [4.69, 9.17) is 4.98 Å². The van der Waals surface area contributed by atoms with Crippen molar-refractivity contribution in [3.8, 4) is 22.3 Å². The zero-order valence-corrected chi connectivity index (χ0v) is 23.6. The number of rotatable bonds is 5. The number of nitrogens with zero attached hydrogens (tertiary/aromatic N) is 2. The second kappa shape index (κ2) is 10.3. The first-order valence-electron chi connectivity index (χ1n) is 14.1. The van der Waals surface area contributed by atoms with Gasteiger partial charge in [-0.2, -0.15) is 0 Å². The largest absolute Gasteiger partial charge is 0.294 e. The molecule has 0 saturated carbocycles. The predicted molar refractivity (Wildman–Crippen MR) is 180 cm³/mol. The summed E-state index contributed by atoms with van der Waals surface area (Å²) in [5.74, 6) is 0.942. The van der Waals surface area contributed by atoms with Gasteiger partial charge in [-0.05, 0) is 69.4 Å². The van der Waals surface area contributed by atoms with E-state index < -0.39 is 0 Å². The Balaban J connectivity index is 1.32. The first-order valence-corrected chi connectivity index (χ1v) is 15.0. The van der Waals surface area contributed by atoms with Gasteiger partial charge in [0.25, 0.3) is 0 Å². The Bertz CT molecular complexity index is 2080. The molecule has 6 aromatic carbocycles. The van der Waals surface area contributed by atoms with E-state index in [0.29, 0.717) is 0 Å². The highest BCUT2D eigenvalue weighted by Crippen LogP contribution is 2.45. The highest BCUT2D eigenvalue weighted by Gasteiger charge is 2.20. The Kier molecular flexibility index (Phi) is 6.02. The van der Waals surface area contributed by atoms with Gasteiger partial charge >= 0.3 is 0 Å². The highest BCUT2D eigenvalue weighted by molar-refractivity contribution is 7.26. The number of fused-ring (bicyclic) bond motifs is 5. The van der Waals surface area contributed by atoms with Crippen molar-refractivity contribution in [1.29, 1.82) is 0 Å². The van der Waals surface area contributed by atoms with Crippen molar-refractivity contribution < 1.29 is 0 Å². The van der Waals surface area contributed by atoms with E-state index in [-0.39, 0.29) is 0 Å². The normalized spacial score (nSPS) is 11.3. The molecular formula is C39H26N2S.